The largest absolute Gasteiger partial charge is 0.463 e. The molecular formula is C30H37FN6O3S. The van der Waals surface area contributed by atoms with E-state index in [0.717, 1.165) is 6.41 Å². The quantitative estimate of drug-likeness (QED) is 0.277. The van der Waals surface area contributed by atoms with Gasteiger partial charge in [-0.1, -0.05) is 12.0 Å². The molecule has 1 aromatic carbocycles. The number of carbonyl (C=O) groups is 2. The van der Waals surface area contributed by atoms with Gasteiger partial charge in [0.15, 0.2) is 10.8 Å². The van der Waals surface area contributed by atoms with Crippen molar-refractivity contribution in [2.75, 3.05) is 46.4 Å². The molecule has 9 nitrogen and oxygen atoms in total. The summed E-state index contributed by atoms with van der Waals surface area (Å²) in [5.41, 5.74) is 1.71. The molecule has 0 saturated carbocycles. The van der Waals surface area contributed by atoms with E-state index < -0.39 is 17.8 Å². The van der Waals surface area contributed by atoms with Crippen LogP contribution in [0.2, 0.25) is 0 Å². The predicted molar refractivity (Wildman–Crippen MR) is 158 cm³/mol. The number of rotatable bonds is 9. The number of ether oxygens (including phenoxy) is 1. The molecule has 2 aliphatic heterocycles. The Balaban J connectivity index is 1.75. The Morgan fingerprint density at radius 3 is 2.78 bits per heavy atom. The Bertz CT molecular complexity index is 1360. The lowest BCUT2D eigenvalue weighted by molar-refractivity contribution is -0.139. The molecule has 2 atom stereocenters. The van der Waals surface area contributed by atoms with Gasteiger partial charge in [-0.3, -0.25) is 19.6 Å². The topological polar surface area (TPSA) is 90.4 Å². The molecule has 1 saturated heterocycles. The number of nitrogens with one attached hydrogen (secondary N) is 1. The molecule has 1 amide bonds. The number of esters is 1. The van der Waals surface area contributed by atoms with Crippen molar-refractivity contribution in [2.24, 2.45) is 4.99 Å². The van der Waals surface area contributed by atoms with E-state index in [2.05, 4.69) is 53.8 Å². The van der Waals surface area contributed by atoms with E-state index in [4.69, 9.17) is 16.2 Å². The summed E-state index contributed by atoms with van der Waals surface area (Å²) in [6.45, 7) is 11.2. The molecule has 2 aliphatic rings. The van der Waals surface area contributed by atoms with Crippen LogP contribution in [0, 0.1) is 18.2 Å². The minimum Gasteiger partial charge on any atom is -0.463 e. The maximum Gasteiger partial charge on any atom is 0.338 e. The van der Waals surface area contributed by atoms with Gasteiger partial charge in [0.05, 0.1) is 18.2 Å². The zero-order chi connectivity index (χ0) is 29.7. The van der Waals surface area contributed by atoms with E-state index in [-0.39, 0.29) is 18.2 Å². The number of halogens is 1. The van der Waals surface area contributed by atoms with Gasteiger partial charge in [0.25, 0.3) is 0 Å². The first kappa shape index (κ1) is 30.4. The molecule has 0 bridgehead atoms. The molecule has 0 radical (unpaired) electrons. The Morgan fingerprint density at radius 1 is 1.37 bits per heavy atom. The highest BCUT2D eigenvalue weighted by atomic mass is 32.1. The average molecular weight is 581 g/mol. The second kappa shape index (κ2) is 12.9. The highest BCUT2D eigenvalue weighted by Gasteiger charge is 2.36. The molecule has 1 N–H and O–H groups in total. The maximum absolute atomic E-state index is 14.1. The van der Waals surface area contributed by atoms with Crippen molar-refractivity contribution in [3.05, 3.63) is 63.0 Å². The van der Waals surface area contributed by atoms with Crippen LogP contribution in [0.5, 0.6) is 0 Å². The third kappa shape index (κ3) is 7.01. The second-order valence-corrected chi connectivity index (χ2v) is 12.0. The van der Waals surface area contributed by atoms with Crippen LogP contribution >= 0.6 is 11.3 Å². The first-order chi connectivity index (χ1) is 19.5. The minimum absolute atomic E-state index is 0.0336. The van der Waals surface area contributed by atoms with E-state index in [1.807, 2.05) is 10.3 Å². The molecule has 11 heteroatoms. The predicted octanol–water partition coefficient (Wildman–Crippen LogP) is 3.04. The monoisotopic (exact) mass is 580 g/mol. The number of likely N-dealkylation sites (N-methyl/N-ethyl adjacent to an activating group) is 1. The lowest BCUT2D eigenvalue weighted by atomic mass is 9.91. The number of nitrogens with zero attached hydrogens (tertiary/aromatic N) is 5. The van der Waals surface area contributed by atoms with Crippen molar-refractivity contribution >= 4 is 29.6 Å². The zero-order valence-electron chi connectivity index (χ0n) is 24.2. The van der Waals surface area contributed by atoms with Crippen molar-refractivity contribution in [1.82, 2.24) is 25.0 Å². The van der Waals surface area contributed by atoms with Gasteiger partial charge in [-0.05, 0) is 52.4 Å². The number of aliphatic imine (C=N–C) groups is 1. The van der Waals surface area contributed by atoms with Gasteiger partial charge in [0, 0.05) is 61.1 Å². The van der Waals surface area contributed by atoms with Crippen LogP contribution < -0.4 is 5.32 Å². The van der Waals surface area contributed by atoms with E-state index in [0.29, 0.717) is 66.0 Å². The van der Waals surface area contributed by atoms with Gasteiger partial charge >= 0.3 is 5.97 Å². The maximum atomic E-state index is 14.1. The lowest BCUT2D eigenvalue weighted by Gasteiger charge is -2.44. The number of terminal acetylenes is 1. The van der Waals surface area contributed by atoms with Crippen LogP contribution in [0.3, 0.4) is 0 Å². The van der Waals surface area contributed by atoms with E-state index in [9.17, 15) is 14.0 Å². The fourth-order valence-electron chi connectivity index (χ4n) is 4.93. The van der Waals surface area contributed by atoms with Crippen LogP contribution in [0.15, 0.2) is 46.0 Å². The van der Waals surface area contributed by atoms with Gasteiger partial charge in [-0.15, -0.1) is 17.8 Å². The molecule has 0 spiro atoms. The van der Waals surface area contributed by atoms with Gasteiger partial charge in [0.2, 0.25) is 6.41 Å². The van der Waals surface area contributed by atoms with E-state index in [1.54, 1.807) is 19.2 Å². The van der Waals surface area contributed by atoms with Crippen molar-refractivity contribution in [2.45, 2.75) is 45.3 Å². The number of thiazole rings is 1. The number of hydrogen-bond donors (Lipinski definition) is 1. The zero-order valence-corrected chi connectivity index (χ0v) is 25.0. The summed E-state index contributed by atoms with van der Waals surface area (Å²) in [6.07, 6.45) is 8.36. The minimum atomic E-state index is -0.824. The average Bonchev–Trinajstić information content (AvgIpc) is 3.47. The first-order valence-electron chi connectivity index (χ1n) is 13.6. The highest BCUT2D eigenvalue weighted by molar-refractivity contribution is 7.11. The molecule has 1 aromatic heterocycles. The third-order valence-electron chi connectivity index (χ3n) is 7.48. The van der Waals surface area contributed by atoms with E-state index >= 15 is 0 Å². The summed E-state index contributed by atoms with van der Waals surface area (Å²) in [6, 6.07) is 3.30. The number of benzene rings is 1. The molecule has 218 valence electrons. The number of amides is 1. The molecular weight excluding hydrogens is 543 g/mol. The van der Waals surface area contributed by atoms with Gasteiger partial charge < -0.3 is 15.0 Å². The first-order valence-corrected chi connectivity index (χ1v) is 14.5. The summed E-state index contributed by atoms with van der Waals surface area (Å²) < 4.78 is 19.6. The molecule has 41 heavy (non-hydrogen) atoms. The Kier molecular flexibility index (Phi) is 9.58. The molecule has 4 rings (SSSR count). The van der Waals surface area contributed by atoms with Crippen molar-refractivity contribution in [3.63, 3.8) is 0 Å². The fraction of sp³-hybridized carbons (Fsp3) is 0.467. The summed E-state index contributed by atoms with van der Waals surface area (Å²) in [7, 11) is 2.05. The van der Waals surface area contributed by atoms with Crippen LogP contribution in [-0.2, 0) is 14.3 Å². The van der Waals surface area contributed by atoms with Crippen LogP contribution in [0.1, 0.15) is 49.9 Å². The number of carbonyl (C=O) groups excluding carboxylic acids is 2. The van der Waals surface area contributed by atoms with Crippen LogP contribution in [0.4, 0.5) is 4.39 Å². The van der Waals surface area contributed by atoms with Crippen molar-refractivity contribution in [1.29, 1.82) is 0 Å². The van der Waals surface area contributed by atoms with Gasteiger partial charge in [-0.25, -0.2) is 14.2 Å². The van der Waals surface area contributed by atoms with Gasteiger partial charge in [-0.2, -0.15) is 0 Å². The Hall–Kier alpha value is -3.59. The van der Waals surface area contributed by atoms with Crippen LogP contribution in [-0.4, -0.2) is 95.9 Å². The lowest BCUT2D eigenvalue weighted by Crippen LogP contribution is -2.58. The summed E-state index contributed by atoms with van der Waals surface area (Å²) in [4.78, 5) is 41.0. The van der Waals surface area contributed by atoms with Crippen molar-refractivity contribution in [3.8, 4) is 12.3 Å². The Morgan fingerprint density at radius 2 is 2.15 bits per heavy atom. The van der Waals surface area contributed by atoms with Crippen LogP contribution in [0.25, 0.3) is 0 Å². The smallest absolute Gasteiger partial charge is 0.338 e. The molecule has 2 aromatic rings. The number of amidine groups is 1. The molecule has 1 fully saturated rings. The molecule has 3 heterocycles. The van der Waals surface area contributed by atoms with Crippen molar-refractivity contribution < 1.29 is 18.7 Å². The molecule has 0 aliphatic carbocycles. The third-order valence-corrected chi connectivity index (χ3v) is 8.26. The Labute approximate surface area is 245 Å². The number of aromatic nitrogens is 1. The molecule has 2 unspecified atom stereocenters. The number of hydrogen-bond acceptors (Lipinski definition) is 9. The summed E-state index contributed by atoms with van der Waals surface area (Å²) >= 11 is 1.41. The summed E-state index contributed by atoms with van der Waals surface area (Å²) in [5.74, 6) is 2.05. The second-order valence-electron chi connectivity index (χ2n) is 11.1. The SMILES string of the molecule is C#Cc1cc(F)ccc1C1N=C(c2nccs2)NC(CN2CCN(C=O)C(CN(C)C(C)(C)C)C2)=C1C(=O)OCC. The van der Waals surface area contributed by atoms with Gasteiger partial charge in [0.1, 0.15) is 11.9 Å². The standard InChI is InChI=1S/C30H37FN6O3S/c1-7-20-15-21(31)9-10-23(20)26-25(29(39)40-8-2)24(33-27(34-26)28-32-11-14-41-28)18-36-12-13-37(19-38)22(17-36)16-35(6)30(3,4)5/h1,9-11,14-15,19,22,26H,8,12-13,16-18H2,2-6H3,(H,33,34). The number of piperazine rings is 1. The van der Waals surface area contributed by atoms with E-state index in [1.165, 1.54) is 23.5 Å². The fourth-order valence-corrected chi connectivity index (χ4v) is 5.52. The highest BCUT2D eigenvalue weighted by Crippen LogP contribution is 2.35. The normalized spacial score (nSPS) is 20.0. The summed E-state index contributed by atoms with van der Waals surface area (Å²) in [5, 5.41) is 5.86.